The van der Waals surface area contributed by atoms with Crippen molar-refractivity contribution in [1.29, 1.82) is 10.5 Å². The summed E-state index contributed by atoms with van der Waals surface area (Å²) in [4.78, 5) is 5.45. The molecule has 7 unspecified atom stereocenters. The van der Waals surface area contributed by atoms with Crippen LogP contribution in [0.2, 0.25) is 0 Å². The van der Waals surface area contributed by atoms with Crippen LogP contribution in [-0.4, -0.2) is 43.3 Å². The molecule has 80 heavy (non-hydrogen) atoms. The largest absolute Gasteiger partial charge is 0.361 e. The quantitative estimate of drug-likeness (QED) is 0.156. The first kappa shape index (κ1) is 45.9. The van der Waals surface area contributed by atoms with Gasteiger partial charge in [-0.25, -0.2) is 0 Å². The Hall–Kier alpha value is -9.04. The van der Waals surface area contributed by atoms with Crippen molar-refractivity contribution in [2.24, 2.45) is 17.8 Å². The van der Waals surface area contributed by atoms with Crippen molar-refractivity contribution in [3.63, 3.8) is 0 Å². The molecule has 2 aliphatic heterocycles. The Kier molecular flexibility index (Phi) is 10.2. The van der Waals surface area contributed by atoms with Gasteiger partial charge in [0.1, 0.15) is 6.07 Å². The van der Waals surface area contributed by atoms with Crippen LogP contribution in [0.25, 0.3) is 78.9 Å². The van der Waals surface area contributed by atoms with Gasteiger partial charge in [0.2, 0.25) is 0 Å². The normalized spacial score (nSPS) is 24.6. The molecule has 3 aromatic heterocycles. The van der Waals surface area contributed by atoms with E-state index in [-0.39, 0.29) is 24.0 Å². The number of nitriles is 2. The molecule has 8 aromatic rings. The lowest BCUT2D eigenvalue weighted by atomic mass is 9.74. The van der Waals surface area contributed by atoms with E-state index in [0.29, 0.717) is 30.4 Å². The zero-order valence-corrected chi connectivity index (χ0v) is 44.7. The lowest BCUT2D eigenvalue weighted by Crippen LogP contribution is -2.54. The Morgan fingerprint density at radius 1 is 0.588 bits per heavy atom. The van der Waals surface area contributed by atoms with Crippen molar-refractivity contribution in [1.82, 2.24) is 18.6 Å². The van der Waals surface area contributed by atoms with E-state index in [4.69, 9.17) is 0 Å². The number of anilines is 1. The van der Waals surface area contributed by atoms with Gasteiger partial charge in [-0.15, -0.1) is 0 Å². The highest BCUT2D eigenvalue weighted by atomic mass is 15.3. The highest BCUT2D eigenvalue weighted by molar-refractivity contribution is 6.15. The van der Waals surface area contributed by atoms with Crippen LogP contribution in [0.3, 0.4) is 0 Å². The van der Waals surface area contributed by atoms with E-state index in [0.717, 1.165) is 79.4 Å². The Bertz CT molecular complexity index is 4470. The lowest BCUT2D eigenvalue weighted by molar-refractivity contribution is 0.222. The van der Waals surface area contributed by atoms with Crippen LogP contribution in [0.1, 0.15) is 83.6 Å². The molecule has 1 saturated heterocycles. The third-order valence-electron chi connectivity index (χ3n) is 19.7. The number of fused-ring (bicyclic) bond motifs is 18. The standard InChI is InChI=1S/C73H59N7/c74-42-46-39-70(80-68-37-32-51(41-61(68)71-52-19-5-4-16-45(52)30-35-69(71)80)78-65-27-13-8-22-55(65)56-23-9-14-28-66(56)78)47(43-75)38-48(46)44-76-62-36-31-50(77-63-25-11-6-20-53(63)54-21-7-12-26-64(54)77)40-60(62)59-34-33-58-57-24-10-15-29-67(57)79(73(58)72(59)76)49-17-2-1-3-18-49/h2,5-8,10-11,13-15,17-22,24-25,27-38,40-41,46,57-59,67,72-73H,1,3-4,9,12,16,23,26,39,44H2. The Morgan fingerprint density at radius 2 is 1.35 bits per heavy atom. The van der Waals surface area contributed by atoms with Crippen molar-refractivity contribution < 1.29 is 0 Å². The van der Waals surface area contributed by atoms with Gasteiger partial charge in [0.05, 0.1) is 57.8 Å². The fraction of sp³-hybridized carbons (Fsp3) is 0.233. The number of para-hydroxylation sites is 2. The molecule has 7 aliphatic carbocycles. The van der Waals surface area contributed by atoms with Crippen LogP contribution in [-0.2, 0) is 19.3 Å². The second-order valence-corrected chi connectivity index (χ2v) is 23.6. The van der Waals surface area contributed by atoms with E-state index in [2.05, 4.69) is 230 Å². The lowest BCUT2D eigenvalue weighted by Gasteiger charge is -2.45. The number of aryl methyl sites for hydroxylation is 2. The van der Waals surface area contributed by atoms with Crippen molar-refractivity contribution in [3.05, 3.63) is 232 Å². The van der Waals surface area contributed by atoms with Crippen molar-refractivity contribution in [3.8, 4) is 23.5 Å². The summed E-state index contributed by atoms with van der Waals surface area (Å²) in [6, 6.07) is 42.6. The zero-order valence-electron chi connectivity index (χ0n) is 44.7. The van der Waals surface area contributed by atoms with Crippen LogP contribution in [0.4, 0.5) is 5.69 Å². The number of hydrogen-bond donors (Lipinski definition) is 0. The Labute approximate surface area is 466 Å². The van der Waals surface area contributed by atoms with E-state index in [1.807, 2.05) is 0 Å². The molecule has 7 heteroatoms. The molecule has 0 saturated carbocycles. The predicted octanol–water partition coefficient (Wildman–Crippen LogP) is 16.0. The molecule has 0 bridgehead atoms. The number of hydrogen-bond acceptors (Lipinski definition) is 4. The Balaban J connectivity index is 0.832. The second kappa shape index (κ2) is 17.7. The summed E-state index contributed by atoms with van der Waals surface area (Å²) in [6.07, 6.45) is 46.4. The number of benzene rings is 5. The van der Waals surface area contributed by atoms with Gasteiger partial charge in [-0.05, 0) is 152 Å². The van der Waals surface area contributed by atoms with Gasteiger partial charge in [0.15, 0.2) is 0 Å². The number of likely N-dealkylation sites (tertiary alicyclic amines) is 1. The molecule has 386 valence electrons. The summed E-state index contributed by atoms with van der Waals surface area (Å²) < 4.78 is 7.32. The topological polar surface area (TPSA) is 68.8 Å². The van der Waals surface area contributed by atoms with E-state index in [1.54, 1.807) is 0 Å². The van der Waals surface area contributed by atoms with Gasteiger partial charge in [0, 0.05) is 97.7 Å². The Morgan fingerprint density at radius 3 is 2.23 bits per heavy atom. The van der Waals surface area contributed by atoms with E-state index in [9.17, 15) is 10.5 Å². The van der Waals surface area contributed by atoms with Crippen molar-refractivity contribution in [2.75, 3.05) is 11.4 Å². The minimum absolute atomic E-state index is 0.0811. The maximum Gasteiger partial charge on any atom is 0.101 e. The van der Waals surface area contributed by atoms with Crippen molar-refractivity contribution >= 4 is 73.2 Å². The fourth-order valence-electron chi connectivity index (χ4n) is 16.4. The molecule has 0 radical (unpaired) electrons. The van der Waals surface area contributed by atoms with Gasteiger partial charge in [0.25, 0.3) is 0 Å². The van der Waals surface area contributed by atoms with Crippen molar-refractivity contribution in [2.45, 2.75) is 81.8 Å². The maximum atomic E-state index is 11.6. The smallest absolute Gasteiger partial charge is 0.101 e. The minimum Gasteiger partial charge on any atom is -0.361 e. The molecule has 0 spiro atoms. The zero-order chi connectivity index (χ0) is 52.7. The maximum absolute atomic E-state index is 11.6. The third kappa shape index (κ3) is 6.52. The highest BCUT2D eigenvalue weighted by Gasteiger charge is 2.57. The number of nitrogens with zero attached hydrogens (tertiary/aromatic N) is 7. The van der Waals surface area contributed by atoms with Crippen LogP contribution in [0.15, 0.2) is 193 Å². The molecular formula is C73H59N7. The van der Waals surface area contributed by atoms with E-state index >= 15 is 0 Å². The van der Waals surface area contributed by atoms with Crippen LogP contribution in [0, 0.1) is 40.4 Å². The predicted molar refractivity (Wildman–Crippen MR) is 326 cm³/mol. The summed E-state index contributed by atoms with van der Waals surface area (Å²) in [6.45, 7) is 0.552. The van der Waals surface area contributed by atoms with Crippen LogP contribution < -0.4 is 4.90 Å². The molecule has 17 rings (SSSR count). The number of rotatable bonds is 6. The fourth-order valence-corrected chi connectivity index (χ4v) is 16.4. The second-order valence-electron chi connectivity index (χ2n) is 23.6. The highest BCUT2D eigenvalue weighted by Crippen LogP contribution is 2.56. The number of aromatic nitrogens is 3. The van der Waals surface area contributed by atoms with Crippen LogP contribution in [0.5, 0.6) is 0 Å². The van der Waals surface area contributed by atoms with Gasteiger partial charge >= 0.3 is 0 Å². The first-order valence-corrected chi connectivity index (χ1v) is 29.3. The molecule has 5 heterocycles. The molecule has 5 aromatic carbocycles. The number of allylic oxidation sites excluding steroid dienone is 11. The average Bonchev–Trinajstić information content (AvgIpc) is 4.30. The van der Waals surface area contributed by atoms with Gasteiger partial charge < -0.3 is 23.5 Å². The van der Waals surface area contributed by atoms with Gasteiger partial charge in [-0.1, -0.05) is 121 Å². The first-order valence-electron chi connectivity index (χ1n) is 29.3. The summed E-state index contributed by atoms with van der Waals surface area (Å²) in [5, 5.41) is 28.1. The molecule has 7 atom stereocenters. The molecule has 1 fully saturated rings. The van der Waals surface area contributed by atoms with E-state index < -0.39 is 5.92 Å². The minimum atomic E-state index is -0.449. The molecular weight excluding hydrogens is 975 g/mol. The van der Waals surface area contributed by atoms with Crippen LogP contribution >= 0.6 is 0 Å². The monoisotopic (exact) mass is 1030 g/mol. The molecule has 9 aliphatic rings. The molecule has 0 amide bonds. The average molecular weight is 1030 g/mol. The van der Waals surface area contributed by atoms with Gasteiger partial charge in [-0.3, -0.25) is 0 Å². The summed E-state index contributed by atoms with van der Waals surface area (Å²) >= 11 is 0. The summed E-state index contributed by atoms with van der Waals surface area (Å²) in [7, 11) is 0. The summed E-state index contributed by atoms with van der Waals surface area (Å²) in [5.41, 5.74) is 21.3. The first-order chi connectivity index (χ1) is 39.6. The third-order valence-corrected chi connectivity index (χ3v) is 19.7. The van der Waals surface area contributed by atoms with E-state index in [1.165, 1.54) is 88.9 Å². The SMILES string of the molecule is N#CC1=C(n2c3ccc(-n4c5c(c6ccccc64)CCC=C5)cc3c3c4c(ccc32)CCC=C4)CC(C#N)C(CN2c3ccc(-n4c5c(c6ccccc64)C=CCC5)cc3C3C=CC4C5C=CC=CC5N(C5=CCCC=C5)C4C32)=C1. The summed E-state index contributed by atoms with van der Waals surface area (Å²) in [5.74, 6) is 0.308. The van der Waals surface area contributed by atoms with Gasteiger partial charge in [-0.2, -0.15) is 10.5 Å². The molecule has 0 N–H and O–H groups in total. The molecule has 7 nitrogen and oxygen atoms in total.